The van der Waals surface area contributed by atoms with Crippen molar-refractivity contribution in [1.82, 2.24) is 0 Å². The fourth-order valence-electron chi connectivity index (χ4n) is 0.269. The standard InChI is InChI=1S/C6H8O3/c1-3-5(7)4(2)6(8)9/h3,5,7H,1-2H2,(H,8,9). The van der Waals surface area contributed by atoms with Gasteiger partial charge in [-0.3, -0.25) is 0 Å². The smallest absolute Gasteiger partial charge is 0.333 e. The summed E-state index contributed by atoms with van der Waals surface area (Å²) in [5.41, 5.74) is -0.259. The lowest BCUT2D eigenvalue weighted by Gasteiger charge is -2.01. The molecule has 0 aliphatic carbocycles. The lowest BCUT2D eigenvalue weighted by atomic mass is 10.2. The molecule has 0 aromatic heterocycles. The lowest BCUT2D eigenvalue weighted by molar-refractivity contribution is -0.133. The topological polar surface area (TPSA) is 57.5 Å². The normalized spacial score (nSPS) is 12.1. The van der Waals surface area contributed by atoms with Crippen LogP contribution >= 0.6 is 0 Å². The summed E-state index contributed by atoms with van der Waals surface area (Å²) in [6, 6.07) is 0. The molecule has 0 bridgehead atoms. The van der Waals surface area contributed by atoms with Crippen molar-refractivity contribution in [2.45, 2.75) is 6.10 Å². The van der Waals surface area contributed by atoms with Crippen LogP contribution in [0.3, 0.4) is 0 Å². The second kappa shape index (κ2) is 3.04. The predicted octanol–water partition coefficient (Wildman–Crippen LogP) is 0.174. The first kappa shape index (κ1) is 7.91. The Morgan fingerprint density at radius 3 is 2.22 bits per heavy atom. The number of hydrogen-bond acceptors (Lipinski definition) is 2. The maximum atomic E-state index is 9.99. The predicted molar refractivity (Wildman–Crippen MR) is 33.0 cm³/mol. The molecule has 1 atom stereocenters. The molecule has 0 aliphatic heterocycles. The van der Waals surface area contributed by atoms with Crippen molar-refractivity contribution in [3.63, 3.8) is 0 Å². The number of hydrogen-bond donors (Lipinski definition) is 2. The van der Waals surface area contributed by atoms with E-state index in [4.69, 9.17) is 10.2 Å². The first-order valence-corrected chi connectivity index (χ1v) is 2.32. The Balaban J connectivity index is 4.03. The number of aliphatic carboxylic acids is 1. The fourth-order valence-corrected chi connectivity index (χ4v) is 0.269. The van der Waals surface area contributed by atoms with Gasteiger partial charge in [0, 0.05) is 0 Å². The van der Waals surface area contributed by atoms with Crippen LogP contribution < -0.4 is 0 Å². The van der Waals surface area contributed by atoms with E-state index in [1.807, 2.05) is 0 Å². The summed E-state index contributed by atoms with van der Waals surface area (Å²) in [6.45, 7) is 6.29. The molecular formula is C6H8O3. The molecule has 0 aromatic carbocycles. The monoisotopic (exact) mass is 128 g/mol. The van der Waals surface area contributed by atoms with Gasteiger partial charge in [-0.2, -0.15) is 0 Å². The van der Waals surface area contributed by atoms with E-state index in [1.54, 1.807) is 0 Å². The second-order valence-electron chi connectivity index (χ2n) is 1.51. The van der Waals surface area contributed by atoms with Crippen molar-refractivity contribution >= 4 is 5.97 Å². The highest BCUT2D eigenvalue weighted by molar-refractivity contribution is 5.87. The number of aliphatic hydroxyl groups excluding tert-OH is 1. The molecule has 3 nitrogen and oxygen atoms in total. The molecule has 2 N–H and O–H groups in total. The third kappa shape index (κ3) is 2.10. The van der Waals surface area contributed by atoms with Gasteiger partial charge in [-0.05, 0) is 0 Å². The van der Waals surface area contributed by atoms with Crippen molar-refractivity contribution in [2.75, 3.05) is 0 Å². The second-order valence-corrected chi connectivity index (χ2v) is 1.51. The summed E-state index contributed by atoms with van der Waals surface area (Å²) >= 11 is 0. The van der Waals surface area contributed by atoms with E-state index < -0.39 is 12.1 Å². The number of carbonyl (C=O) groups is 1. The summed E-state index contributed by atoms with van der Waals surface area (Å²) in [5.74, 6) is -1.21. The van der Waals surface area contributed by atoms with E-state index in [2.05, 4.69) is 13.2 Å². The molecule has 0 aromatic rings. The van der Waals surface area contributed by atoms with Crippen molar-refractivity contribution in [3.05, 3.63) is 24.8 Å². The van der Waals surface area contributed by atoms with Gasteiger partial charge in [0.1, 0.15) is 6.10 Å². The van der Waals surface area contributed by atoms with Crippen LogP contribution in [0, 0.1) is 0 Å². The van der Waals surface area contributed by atoms with Crippen LogP contribution in [0.25, 0.3) is 0 Å². The van der Waals surface area contributed by atoms with Crippen molar-refractivity contribution in [1.29, 1.82) is 0 Å². The maximum Gasteiger partial charge on any atom is 0.333 e. The quantitative estimate of drug-likeness (QED) is 0.421. The average Bonchev–Trinajstić information content (AvgIpc) is 1.84. The van der Waals surface area contributed by atoms with Crippen LogP contribution in [0.5, 0.6) is 0 Å². The molecule has 0 saturated carbocycles. The highest BCUT2D eigenvalue weighted by Crippen LogP contribution is 1.98. The molecule has 50 valence electrons. The summed E-state index contributed by atoms with van der Waals surface area (Å²) < 4.78 is 0. The molecule has 9 heavy (non-hydrogen) atoms. The van der Waals surface area contributed by atoms with Crippen LogP contribution in [-0.4, -0.2) is 22.3 Å². The summed E-state index contributed by atoms with van der Waals surface area (Å²) in [5, 5.41) is 16.9. The molecular weight excluding hydrogens is 120 g/mol. The molecule has 0 radical (unpaired) electrons. The van der Waals surface area contributed by atoms with Crippen molar-refractivity contribution < 1.29 is 15.0 Å². The van der Waals surface area contributed by atoms with E-state index in [-0.39, 0.29) is 5.57 Å². The summed E-state index contributed by atoms with van der Waals surface area (Å²) in [4.78, 5) is 9.99. The number of aliphatic hydroxyl groups is 1. The summed E-state index contributed by atoms with van der Waals surface area (Å²) in [6.07, 6.45) is -0.0290. The van der Waals surface area contributed by atoms with Gasteiger partial charge in [-0.15, -0.1) is 6.58 Å². The van der Waals surface area contributed by atoms with Crippen LogP contribution in [0.4, 0.5) is 0 Å². The van der Waals surface area contributed by atoms with Gasteiger partial charge in [0.25, 0.3) is 0 Å². The molecule has 1 unspecified atom stereocenters. The van der Waals surface area contributed by atoms with E-state index in [0.717, 1.165) is 6.08 Å². The molecule has 3 heteroatoms. The Hall–Kier alpha value is -1.09. The van der Waals surface area contributed by atoms with Gasteiger partial charge < -0.3 is 10.2 Å². The Morgan fingerprint density at radius 2 is 2.11 bits per heavy atom. The average molecular weight is 128 g/mol. The minimum Gasteiger partial charge on any atom is -0.478 e. The number of carboxylic acids is 1. The van der Waals surface area contributed by atoms with E-state index in [1.165, 1.54) is 0 Å². The fraction of sp³-hybridized carbons (Fsp3) is 0.167. The van der Waals surface area contributed by atoms with Crippen molar-refractivity contribution in [3.8, 4) is 0 Å². The van der Waals surface area contributed by atoms with Gasteiger partial charge in [0.15, 0.2) is 0 Å². The van der Waals surface area contributed by atoms with E-state index in [0.29, 0.717) is 0 Å². The zero-order valence-electron chi connectivity index (χ0n) is 4.87. The van der Waals surface area contributed by atoms with Gasteiger partial charge in [0.2, 0.25) is 0 Å². The highest BCUT2D eigenvalue weighted by Gasteiger charge is 2.10. The minimum atomic E-state index is -1.21. The molecule has 0 heterocycles. The molecule has 0 saturated heterocycles. The van der Waals surface area contributed by atoms with Crippen LogP contribution in [0.15, 0.2) is 24.8 Å². The third-order valence-electron chi connectivity index (χ3n) is 0.855. The maximum absolute atomic E-state index is 9.99. The Morgan fingerprint density at radius 1 is 1.67 bits per heavy atom. The SMILES string of the molecule is C=CC(O)C(=C)C(=O)O. The zero-order valence-corrected chi connectivity index (χ0v) is 4.87. The number of rotatable bonds is 3. The Labute approximate surface area is 52.9 Å². The van der Waals surface area contributed by atoms with Crippen LogP contribution in [0.1, 0.15) is 0 Å². The number of carboxylic acid groups (broad SMARTS) is 1. The first-order chi connectivity index (χ1) is 4.09. The molecule has 0 amide bonds. The molecule has 0 spiro atoms. The molecule has 0 fully saturated rings. The first-order valence-electron chi connectivity index (χ1n) is 2.32. The third-order valence-corrected chi connectivity index (χ3v) is 0.855. The van der Waals surface area contributed by atoms with Crippen molar-refractivity contribution in [2.24, 2.45) is 0 Å². The Kier molecular flexibility index (Phi) is 2.67. The lowest BCUT2D eigenvalue weighted by Crippen LogP contribution is -2.13. The Bertz CT molecular complexity index is 148. The molecule has 0 aliphatic rings. The largest absolute Gasteiger partial charge is 0.478 e. The van der Waals surface area contributed by atoms with Crippen LogP contribution in [0.2, 0.25) is 0 Å². The van der Waals surface area contributed by atoms with E-state index >= 15 is 0 Å². The van der Waals surface area contributed by atoms with Gasteiger partial charge in [-0.1, -0.05) is 12.7 Å². The highest BCUT2D eigenvalue weighted by atomic mass is 16.4. The van der Waals surface area contributed by atoms with Gasteiger partial charge in [-0.25, -0.2) is 4.79 Å². The minimum absolute atomic E-state index is 0.259. The molecule has 0 rings (SSSR count). The van der Waals surface area contributed by atoms with Crippen LogP contribution in [-0.2, 0) is 4.79 Å². The zero-order chi connectivity index (χ0) is 7.44. The van der Waals surface area contributed by atoms with E-state index in [9.17, 15) is 4.79 Å². The van der Waals surface area contributed by atoms with Gasteiger partial charge in [0.05, 0.1) is 5.57 Å². The van der Waals surface area contributed by atoms with Gasteiger partial charge >= 0.3 is 5.97 Å². The summed E-state index contributed by atoms with van der Waals surface area (Å²) in [7, 11) is 0.